The number of rotatable bonds is 4. The van der Waals surface area contributed by atoms with Gasteiger partial charge in [0.25, 0.3) is 5.91 Å². The Bertz CT molecular complexity index is 1130. The van der Waals surface area contributed by atoms with Crippen molar-refractivity contribution in [2.24, 2.45) is 0 Å². The SMILES string of the molecule is Cc1ccc(-n2nc(C(=O)NN3CCCC3)c3c2/C(=C/c2ccoc2)CCC3)c(C)c1. The number of hydrogen-bond acceptors (Lipinski definition) is 4. The molecule has 0 spiro atoms. The number of amides is 1. The summed E-state index contributed by atoms with van der Waals surface area (Å²) < 4.78 is 7.25. The number of furan rings is 1. The molecule has 31 heavy (non-hydrogen) atoms. The van der Waals surface area contributed by atoms with Crippen molar-refractivity contribution in [3.8, 4) is 5.69 Å². The first-order valence-electron chi connectivity index (χ1n) is 11.1. The minimum Gasteiger partial charge on any atom is -0.472 e. The highest BCUT2D eigenvalue weighted by atomic mass is 16.3. The number of allylic oxidation sites excluding steroid dienone is 1. The number of aryl methyl sites for hydroxylation is 2. The molecule has 0 radical (unpaired) electrons. The normalized spacial score (nSPS) is 17.8. The van der Waals surface area contributed by atoms with Crippen LogP contribution in [0.1, 0.15) is 64.1 Å². The molecule has 1 amide bonds. The first-order valence-corrected chi connectivity index (χ1v) is 11.1. The van der Waals surface area contributed by atoms with Crippen LogP contribution in [0.3, 0.4) is 0 Å². The molecule has 0 bridgehead atoms. The van der Waals surface area contributed by atoms with Crippen molar-refractivity contribution in [3.05, 3.63) is 70.4 Å². The molecule has 0 unspecified atom stereocenters. The molecule has 3 aromatic rings. The standard InChI is InChI=1S/C25H28N4O2/c1-17-8-9-22(18(2)14-17)29-24-20(15-19-10-13-31-16-19)6-5-7-21(24)23(26-29)25(30)27-28-11-3-4-12-28/h8-10,13-16H,3-7,11-12H2,1-2H3,(H,27,30)/b20-15+. The van der Waals surface area contributed by atoms with E-state index in [0.29, 0.717) is 5.69 Å². The zero-order valence-corrected chi connectivity index (χ0v) is 18.1. The Morgan fingerprint density at radius 3 is 2.71 bits per heavy atom. The molecule has 1 aliphatic heterocycles. The van der Waals surface area contributed by atoms with E-state index in [9.17, 15) is 4.79 Å². The van der Waals surface area contributed by atoms with Gasteiger partial charge in [-0.15, -0.1) is 0 Å². The number of nitrogens with one attached hydrogen (secondary N) is 1. The van der Waals surface area contributed by atoms with Crippen molar-refractivity contribution < 1.29 is 9.21 Å². The van der Waals surface area contributed by atoms with E-state index in [-0.39, 0.29) is 5.91 Å². The van der Waals surface area contributed by atoms with E-state index in [4.69, 9.17) is 9.52 Å². The summed E-state index contributed by atoms with van der Waals surface area (Å²) in [4.78, 5) is 13.2. The molecule has 1 aliphatic carbocycles. The average molecular weight is 417 g/mol. The summed E-state index contributed by atoms with van der Waals surface area (Å²) in [6, 6.07) is 8.32. The van der Waals surface area contributed by atoms with Crippen LogP contribution in [-0.2, 0) is 6.42 Å². The third-order valence-corrected chi connectivity index (χ3v) is 6.21. The Kier molecular flexibility index (Phi) is 5.24. The van der Waals surface area contributed by atoms with Crippen LogP contribution in [-0.4, -0.2) is 33.8 Å². The number of aromatic nitrogens is 2. The van der Waals surface area contributed by atoms with Gasteiger partial charge in [0, 0.05) is 24.2 Å². The number of nitrogens with zero attached hydrogens (tertiary/aromatic N) is 3. The second kappa shape index (κ2) is 8.19. The van der Waals surface area contributed by atoms with Crippen LogP contribution in [0.5, 0.6) is 0 Å². The third kappa shape index (κ3) is 3.83. The fraction of sp³-hybridized carbons (Fsp3) is 0.360. The first kappa shape index (κ1) is 19.8. The minimum absolute atomic E-state index is 0.105. The summed E-state index contributed by atoms with van der Waals surface area (Å²) in [6.07, 6.45) is 10.6. The van der Waals surface area contributed by atoms with Crippen molar-refractivity contribution in [3.63, 3.8) is 0 Å². The molecule has 1 aromatic carbocycles. The Morgan fingerprint density at radius 1 is 1.13 bits per heavy atom. The lowest BCUT2D eigenvalue weighted by Gasteiger charge is -2.19. The number of fused-ring (bicyclic) bond motifs is 1. The smallest absolute Gasteiger partial charge is 0.286 e. The molecular weight excluding hydrogens is 388 g/mol. The van der Waals surface area contributed by atoms with Gasteiger partial charge in [0.1, 0.15) is 0 Å². The highest BCUT2D eigenvalue weighted by molar-refractivity contribution is 5.96. The Balaban J connectivity index is 1.64. The van der Waals surface area contributed by atoms with Crippen LogP contribution in [0.25, 0.3) is 17.3 Å². The zero-order chi connectivity index (χ0) is 21.4. The zero-order valence-electron chi connectivity index (χ0n) is 18.1. The molecule has 0 saturated carbocycles. The van der Waals surface area contributed by atoms with Gasteiger partial charge in [-0.2, -0.15) is 5.10 Å². The molecular formula is C25H28N4O2. The van der Waals surface area contributed by atoms with Gasteiger partial charge in [0.15, 0.2) is 5.69 Å². The molecule has 1 N–H and O–H groups in total. The highest BCUT2D eigenvalue weighted by Crippen LogP contribution is 2.36. The van der Waals surface area contributed by atoms with Crippen LogP contribution < -0.4 is 5.43 Å². The summed E-state index contributed by atoms with van der Waals surface area (Å²) in [5, 5.41) is 6.90. The van der Waals surface area contributed by atoms with E-state index in [0.717, 1.165) is 73.3 Å². The van der Waals surface area contributed by atoms with Gasteiger partial charge >= 0.3 is 0 Å². The fourth-order valence-electron chi connectivity index (χ4n) is 4.72. The van der Waals surface area contributed by atoms with E-state index in [2.05, 4.69) is 43.5 Å². The minimum atomic E-state index is -0.105. The van der Waals surface area contributed by atoms with Crippen molar-refractivity contribution in [1.82, 2.24) is 20.2 Å². The predicted octanol–water partition coefficient (Wildman–Crippen LogP) is 4.70. The van der Waals surface area contributed by atoms with Crippen molar-refractivity contribution >= 4 is 17.6 Å². The van der Waals surface area contributed by atoms with Crippen LogP contribution in [0.4, 0.5) is 0 Å². The molecule has 6 heteroatoms. The molecule has 3 heterocycles. The maximum atomic E-state index is 13.2. The third-order valence-electron chi connectivity index (χ3n) is 6.21. The fourth-order valence-corrected chi connectivity index (χ4v) is 4.72. The summed E-state index contributed by atoms with van der Waals surface area (Å²) in [6.45, 7) is 5.99. The summed E-state index contributed by atoms with van der Waals surface area (Å²) in [5.41, 5.74) is 11.3. The Morgan fingerprint density at radius 2 is 1.97 bits per heavy atom. The van der Waals surface area contributed by atoms with Gasteiger partial charge in [0.2, 0.25) is 0 Å². The van der Waals surface area contributed by atoms with Crippen LogP contribution in [0.2, 0.25) is 0 Å². The van der Waals surface area contributed by atoms with Gasteiger partial charge in [-0.1, -0.05) is 17.7 Å². The predicted molar refractivity (Wildman–Crippen MR) is 121 cm³/mol. The van der Waals surface area contributed by atoms with Gasteiger partial charge < -0.3 is 4.42 Å². The highest BCUT2D eigenvalue weighted by Gasteiger charge is 2.30. The Hall–Kier alpha value is -3.12. The number of benzene rings is 1. The van der Waals surface area contributed by atoms with Crippen molar-refractivity contribution in [2.45, 2.75) is 46.0 Å². The number of carbonyl (C=O) groups excluding carboxylic acids is 1. The molecule has 1 fully saturated rings. The molecule has 2 aliphatic rings. The topological polar surface area (TPSA) is 63.3 Å². The van der Waals surface area contributed by atoms with E-state index < -0.39 is 0 Å². The number of carbonyl (C=O) groups is 1. The molecule has 0 atom stereocenters. The Labute approximate surface area is 182 Å². The van der Waals surface area contributed by atoms with E-state index in [1.165, 1.54) is 11.1 Å². The van der Waals surface area contributed by atoms with Crippen LogP contribution in [0, 0.1) is 13.8 Å². The quantitative estimate of drug-likeness (QED) is 0.670. The maximum Gasteiger partial charge on any atom is 0.286 e. The monoisotopic (exact) mass is 416 g/mol. The van der Waals surface area contributed by atoms with Gasteiger partial charge in [-0.3, -0.25) is 10.2 Å². The molecule has 2 aromatic heterocycles. The second-order valence-corrected chi connectivity index (χ2v) is 8.59. The lowest BCUT2D eigenvalue weighted by molar-refractivity contribution is 0.0819. The first-order chi connectivity index (χ1) is 15.1. The van der Waals surface area contributed by atoms with Gasteiger partial charge in [-0.05, 0) is 75.3 Å². The lowest BCUT2D eigenvalue weighted by Crippen LogP contribution is -2.40. The maximum absolute atomic E-state index is 13.2. The van der Waals surface area contributed by atoms with Gasteiger partial charge in [-0.25, -0.2) is 9.69 Å². The number of hydrazine groups is 1. The summed E-state index contributed by atoms with van der Waals surface area (Å²) in [7, 11) is 0. The molecule has 1 saturated heterocycles. The lowest BCUT2D eigenvalue weighted by atomic mass is 9.90. The van der Waals surface area contributed by atoms with Gasteiger partial charge in [0.05, 0.1) is 23.9 Å². The molecule has 6 nitrogen and oxygen atoms in total. The average Bonchev–Trinajstić information content (AvgIpc) is 3.49. The summed E-state index contributed by atoms with van der Waals surface area (Å²) >= 11 is 0. The van der Waals surface area contributed by atoms with E-state index in [1.807, 2.05) is 15.8 Å². The molecule has 160 valence electrons. The molecule has 5 rings (SSSR count). The second-order valence-electron chi connectivity index (χ2n) is 8.59. The largest absolute Gasteiger partial charge is 0.472 e. The van der Waals surface area contributed by atoms with Crippen LogP contribution in [0.15, 0.2) is 41.2 Å². The number of hydrogen-bond donors (Lipinski definition) is 1. The van der Waals surface area contributed by atoms with Crippen LogP contribution >= 0.6 is 0 Å². The van der Waals surface area contributed by atoms with E-state index >= 15 is 0 Å². The van der Waals surface area contributed by atoms with Crippen molar-refractivity contribution in [1.29, 1.82) is 0 Å². The summed E-state index contributed by atoms with van der Waals surface area (Å²) in [5.74, 6) is -0.105. The van der Waals surface area contributed by atoms with Crippen molar-refractivity contribution in [2.75, 3.05) is 13.1 Å². The van der Waals surface area contributed by atoms with E-state index in [1.54, 1.807) is 12.5 Å².